The van der Waals surface area contributed by atoms with Crippen molar-refractivity contribution in [2.75, 3.05) is 0 Å². The van der Waals surface area contributed by atoms with Gasteiger partial charge in [0.05, 0.1) is 0 Å². The fourth-order valence-electron chi connectivity index (χ4n) is 3.79. The number of rotatable bonds is 8. The number of aromatic nitrogens is 8. The number of nitrogens with zero attached hydrogens (tertiary/aromatic N) is 8. The smallest absolute Gasteiger partial charge is 0.457 e. The van der Waals surface area contributed by atoms with E-state index in [1.165, 1.54) is 39.2 Å². The van der Waals surface area contributed by atoms with E-state index in [1.54, 1.807) is 146 Å². The van der Waals surface area contributed by atoms with Gasteiger partial charge in [0.1, 0.15) is 0 Å². The van der Waals surface area contributed by atoms with Gasteiger partial charge < -0.3 is 16.4 Å². The summed E-state index contributed by atoms with van der Waals surface area (Å²) < 4.78 is 67.9. The van der Waals surface area contributed by atoms with Crippen LogP contribution in [-0.4, -0.2) is 45.3 Å². The first-order valence-corrected chi connectivity index (χ1v) is 22.7. The molecule has 0 radical (unpaired) electrons. The molecular formula is C40H40Cl2N8O11S4Zn+2. The summed E-state index contributed by atoms with van der Waals surface area (Å²) >= 11 is 6.83. The molecule has 0 aromatic carbocycles. The Kier molecular flexibility index (Phi) is 36.0. The van der Waals surface area contributed by atoms with Crippen LogP contribution in [0.2, 0.25) is 0 Å². The van der Waals surface area contributed by atoms with Crippen molar-refractivity contribution in [3.05, 3.63) is 196 Å². The maximum Gasteiger partial charge on any atom is 2.00 e. The average molecular weight is 1070 g/mol. The Labute approximate surface area is 413 Å². The fourth-order valence-corrected chi connectivity index (χ4v) is 6.95. The van der Waals surface area contributed by atoms with Crippen LogP contribution in [0, 0.1) is 20.5 Å². The summed E-state index contributed by atoms with van der Waals surface area (Å²) in [5, 5.41) is 0. The predicted octanol–water partition coefficient (Wildman–Crippen LogP) is -1.67. The second-order valence-electron chi connectivity index (χ2n) is 10.6. The van der Waals surface area contributed by atoms with Crippen molar-refractivity contribution >= 4 is 47.0 Å². The summed E-state index contributed by atoms with van der Waals surface area (Å²) in [4.78, 5) is 41.3. The van der Waals surface area contributed by atoms with Crippen LogP contribution in [0.5, 0.6) is 0 Å². The van der Waals surface area contributed by atoms with E-state index >= 15 is 0 Å². The Morgan fingerprint density at radius 1 is 0.242 bits per heavy atom. The molecule has 0 fully saturated rings. The maximum atomic E-state index is 8.49. The van der Waals surface area contributed by atoms with Crippen LogP contribution in [0.15, 0.2) is 235 Å². The Hall–Kier alpha value is -4.64. The van der Waals surface area contributed by atoms with Crippen LogP contribution >= 0.6 is 47.0 Å². The molecule has 8 rings (SSSR count). The molecule has 0 bridgehead atoms. The Morgan fingerprint density at radius 3 is 0.394 bits per heavy atom. The van der Waals surface area contributed by atoms with Gasteiger partial charge in [-0.25, -0.2) is 37.3 Å². The molecule has 8 heterocycles. The molecule has 8 N–H and O–H groups in total. The third-order valence-corrected chi connectivity index (χ3v) is 10.2. The summed E-state index contributed by atoms with van der Waals surface area (Å²) in [7, 11) is -9.89. The fraction of sp³-hybridized carbons (Fsp3) is 0. The van der Waals surface area contributed by atoms with E-state index in [4.69, 9.17) is 37.3 Å². The van der Waals surface area contributed by atoms with Gasteiger partial charge in [-0.2, -0.15) is 0 Å². The minimum Gasteiger partial charge on any atom is -0.457 e. The molecule has 0 atom stereocenters. The second-order valence-corrected chi connectivity index (χ2v) is 16.7. The van der Waals surface area contributed by atoms with Gasteiger partial charge in [-0.15, -0.1) is 20.5 Å². The number of pyridine rings is 8. The molecule has 19 nitrogen and oxygen atoms in total. The molecule has 26 heteroatoms. The van der Waals surface area contributed by atoms with Crippen molar-refractivity contribution in [1.82, 2.24) is 39.9 Å². The van der Waals surface area contributed by atoms with Gasteiger partial charge in [0.15, 0.2) is 0 Å². The molecule has 0 saturated heterocycles. The van der Waals surface area contributed by atoms with Crippen molar-refractivity contribution in [2.45, 2.75) is 39.2 Å². The number of halogens is 2. The van der Waals surface area contributed by atoms with E-state index in [2.05, 4.69) is 39.9 Å². The number of hydrogen-bond donors (Lipinski definition) is 0. The van der Waals surface area contributed by atoms with Crippen molar-refractivity contribution in [3.8, 4) is 0 Å². The Balaban J connectivity index is 0. The monoisotopic (exact) mass is 1070 g/mol. The van der Waals surface area contributed by atoms with Gasteiger partial charge >= 0.3 is 19.5 Å². The van der Waals surface area contributed by atoms with E-state index in [1.807, 2.05) is 97.1 Å². The molecule has 0 aliphatic rings. The summed E-state index contributed by atoms with van der Waals surface area (Å²) in [5.41, 5.74) is 0. The van der Waals surface area contributed by atoms with Crippen molar-refractivity contribution in [2.24, 2.45) is 0 Å². The van der Waals surface area contributed by atoms with Gasteiger partial charge in [0.2, 0.25) is 0 Å². The second kappa shape index (κ2) is 37.5. The maximum absolute atomic E-state index is 8.49. The first-order chi connectivity index (χ1) is 29.8. The van der Waals surface area contributed by atoms with E-state index in [9.17, 15) is 0 Å². The molecular weight excluding hydrogens is 1030 g/mol. The zero-order valence-corrected chi connectivity index (χ0v) is 41.8. The van der Waals surface area contributed by atoms with Crippen LogP contribution < -0.4 is 37.3 Å². The van der Waals surface area contributed by atoms with E-state index in [0.717, 1.165) is 0 Å². The first kappa shape index (κ1) is 63.4. The molecule has 8 aromatic heterocycles. The molecule has 344 valence electrons. The van der Waals surface area contributed by atoms with Gasteiger partial charge in [0.25, 0.3) is 0 Å². The van der Waals surface area contributed by atoms with Crippen LogP contribution in [-0.2, 0) is 30.4 Å². The van der Waals surface area contributed by atoms with E-state index < -0.39 is 20.5 Å². The molecule has 0 saturated carbocycles. The average Bonchev–Trinajstić information content (AvgIpc) is 3.26. The minimum atomic E-state index is -4.94. The van der Waals surface area contributed by atoms with Gasteiger partial charge in [-0.05, 0) is 97.1 Å². The molecule has 0 aliphatic heterocycles. The van der Waals surface area contributed by atoms with E-state index in [0.29, 0.717) is 0 Å². The van der Waals surface area contributed by atoms with E-state index in [-0.39, 0.29) is 35.9 Å². The molecule has 0 spiro atoms. The minimum absolute atomic E-state index is 0. The molecule has 66 heavy (non-hydrogen) atoms. The third-order valence-electron chi connectivity index (χ3n) is 6.14. The van der Waals surface area contributed by atoms with Gasteiger partial charge in [0, 0.05) is 138 Å². The third kappa shape index (κ3) is 35.6. The zero-order chi connectivity index (χ0) is 44.7. The Morgan fingerprint density at radius 2 is 0.318 bits per heavy atom. The normalized spacial score (nSPS) is 9.58. The molecule has 0 aliphatic carbocycles. The zero-order valence-electron chi connectivity index (χ0n) is 34.1. The van der Waals surface area contributed by atoms with Crippen LogP contribution in [0.25, 0.3) is 0 Å². The largest absolute Gasteiger partial charge is 2.00 e. The molecule has 0 unspecified atom stereocenters. The van der Waals surface area contributed by atoms with Gasteiger partial charge in [-0.1, -0.05) is 47.0 Å². The predicted molar refractivity (Wildman–Crippen MR) is 224 cm³/mol. The molecule has 8 aromatic rings. The first-order valence-electron chi connectivity index (χ1n) is 17.0. The molecule has 0 amide bonds. The number of hydrogen-bond acceptors (Lipinski definition) is 20. The van der Waals surface area contributed by atoms with Crippen molar-refractivity contribution in [3.63, 3.8) is 0 Å². The van der Waals surface area contributed by atoms with Crippen molar-refractivity contribution < 1.29 is 93.7 Å². The summed E-state index contributed by atoms with van der Waals surface area (Å²) in [6, 6.07) is 31.9. The SMILES string of the molecule is O.[O-][Cl+3]([O-])([O-])[O-].[O-][Cl+3]([O-])([O-])[O-].[OH3+].[OH3+].[Zn+2].c1cc(Sc2ccncc2)ccn1.c1cc(Sc2ccncc2)ccn1.c1cc(Sc2ccncc2)ccn1.c1cc(Sc2ccncc2)ccn1. The van der Waals surface area contributed by atoms with Crippen molar-refractivity contribution in [1.29, 1.82) is 0 Å². The summed E-state index contributed by atoms with van der Waals surface area (Å²) in [5.74, 6) is 0. The van der Waals surface area contributed by atoms with Crippen LogP contribution in [0.4, 0.5) is 0 Å². The standard InChI is InChI=1S/4C10H8N2S.2ClHO4.3H2O.Zn/c4*1-5-11-6-2-9(1)13-10-3-7-12-8-4-10;2*2-1(3,4)5;;;;/h4*1-8H;2*(H,2,3,4,5);3*1H2;/q;;;;;;;;;+2. The topological polar surface area (TPSA) is 385 Å². The summed E-state index contributed by atoms with van der Waals surface area (Å²) in [6.45, 7) is 0. The Bertz CT molecular complexity index is 1830. The van der Waals surface area contributed by atoms with Crippen LogP contribution in [0.1, 0.15) is 0 Å². The quantitative estimate of drug-likeness (QED) is 0.121. The summed E-state index contributed by atoms with van der Waals surface area (Å²) in [6.07, 6.45) is 28.7. The van der Waals surface area contributed by atoms with Crippen LogP contribution in [0.3, 0.4) is 0 Å². The van der Waals surface area contributed by atoms with Gasteiger partial charge in [-0.3, -0.25) is 39.9 Å².